The number of halogens is 1. The van der Waals surface area contributed by atoms with Gasteiger partial charge < -0.3 is 29.9 Å². The van der Waals surface area contributed by atoms with Gasteiger partial charge in [0, 0.05) is 50.4 Å². The van der Waals surface area contributed by atoms with Gasteiger partial charge in [0.15, 0.2) is 0 Å². The first-order chi connectivity index (χ1) is 17.0. The number of amides is 1. The lowest BCUT2D eigenvalue weighted by Gasteiger charge is -2.15. The molecule has 2 heterocycles. The van der Waals surface area contributed by atoms with Gasteiger partial charge in [0.25, 0.3) is 0 Å². The number of carbonyl (C=O) groups is 2. The summed E-state index contributed by atoms with van der Waals surface area (Å²) >= 11 is 4.97. The van der Waals surface area contributed by atoms with Gasteiger partial charge in [0.1, 0.15) is 13.2 Å². The fraction of sp³-hybridized carbons (Fsp3) is 0.481. The van der Waals surface area contributed by atoms with Crippen molar-refractivity contribution in [2.24, 2.45) is 11.8 Å². The Labute approximate surface area is 219 Å². The number of benzene rings is 2. The van der Waals surface area contributed by atoms with Gasteiger partial charge >= 0.3 is 11.5 Å². The number of ether oxygens (including phenoxy) is 2. The number of carbonyl (C=O) groups excluding carboxylic acids is 2. The highest BCUT2D eigenvalue weighted by atomic mass is 35.5. The number of aliphatic hydroxyl groups excluding tert-OH is 2. The Morgan fingerprint density at radius 1 is 0.889 bits per heavy atom. The van der Waals surface area contributed by atoms with Crippen molar-refractivity contribution in [1.82, 2.24) is 10.2 Å². The van der Waals surface area contributed by atoms with Gasteiger partial charge in [-0.25, -0.2) is 9.59 Å². The third kappa shape index (κ3) is 12.9. The lowest BCUT2D eigenvalue weighted by Crippen LogP contribution is -2.29. The maximum absolute atomic E-state index is 11.7. The molecule has 0 spiro atoms. The van der Waals surface area contributed by atoms with Crippen LogP contribution in [0.15, 0.2) is 60.7 Å². The van der Waals surface area contributed by atoms with Crippen LogP contribution in [0.2, 0.25) is 0 Å². The largest absolute Gasteiger partial charge is 0.449 e. The van der Waals surface area contributed by atoms with Crippen LogP contribution in [0.4, 0.5) is 9.59 Å². The summed E-state index contributed by atoms with van der Waals surface area (Å²) in [6.07, 6.45) is 1.72. The molecule has 0 radical (unpaired) electrons. The van der Waals surface area contributed by atoms with E-state index >= 15 is 0 Å². The van der Waals surface area contributed by atoms with Crippen molar-refractivity contribution in [2.75, 3.05) is 39.4 Å². The molecule has 36 heavy (non-hydrogen) atoms. The predicted molar refractivity (Wildman–Crippen MR) is 141 cm³/mol. The third-order valence-corrected chi connectivity index (χ3v) is 5.73. The van der Waals surface area contributed by atoms with Crippen molar-refractivity contribution in [3.05, 3.63) is 71.8 Å². The van der Waals surface area contributed by atoms with Crippen molar-refractivity contribution in [1.29, 1.82) is 0 Å². The minimum Gasteiger partial charge on any atom is -0.449 e. The van der Waals surface area contributed by atoms with Crippen LogP contribution < -0.4 is 5.32 Å². The summed E-state index contributed by atoms with van der Waals surface area (Å²) in [7, 11) is 0. The molecule has 0 unspecified atom stereocenters. The zero-order valence-corrected chi connectivity index (χ0v) is 20.6. The van der Waals surface area contributed by atoms with Gasteiger partial charge in [-0.3, -0.25) is 0 Å². The van der Waals surface area contributed by atoms with Crippen molar-refractivity contribution in [2.45, 2.75) is 33.5 Å². The topological polar surface area (TPSA) is 108 Å². The Bertz CT molecular complexity index is 850. The average Bonchev–Trinajstić information content (AvgIpc) is 3.60. The van der Waals surface area contributed by atoms with Gasteiger partial charge in [-0.15, -0.1) is 0 Å². The Morgan fingerprint density at radius 2 is 1.44 bits per heavy atom. The van der Waals surface area contributed by atoms with E-state index in [0.29, 0.717) is 32.2 Å². The van der Waals surface area contributed by atoms with Crippen LogP contribution in [0.25, 0.3) is 0 Å². The van der Waals surface area contributed by atoms with Crippen LogP contribution in [-0.2, 0) is 22.7 Å². The monoisotopic (exact) mass is 522 g/mol. The summed E-state index contributed by atoms with van der Waals surface area (Å²) < 4.78 is 9.76. The molecule has 0 aromatic heterocycles. The summed E-state index contributed by atoms with van der Waals surface area (Å²) in [4.78, 5) is 23.5. The highest BCUT2D eigenvalue weighted by Crippen LogP contribution is 2.16. The van der Waals surface area contributed by atoms with Crippen LogP contribution in [0.1, 0.15) is 31.4 Å². The van der Waals surface area contributed by atoms with Crippen molar-refractivity contribution >= 4 is 23.1 Å². The van der Waals surface area contributed by atoms with Crippen LogP contribution >= 0.6 is 11.6 Å². The van der Waals surface area contributed by atoms with Crippen molar-refractivity contribution < 1.29 is 29.3 Å². The number of hydrogen-bond acceptors (Lipinski definition) is 7. The first-order valence-corrected chi connectivity index (χ1v) is 12.1. The van der Waals surface area contributed by atoms with E-state index in [4.69, 9.17) is 26.6 Å². The van der Waals surface area contributed by atoms with E-state index in [0.717, 1.165) is 37.1 Å². The molecule has 0 bridgehead atoms. The van der Waals surface area contributed by atoms with E-state index in [-0.39, 0.29) is 32.7 Å². The van der Waals surface area contributed by atoms with Gasteiger partial charge in [0.05, 0.1) is 0 Å². The maximum atomic E-state index is 11.7. The number of nitrogens with one attached hydrogen (secondary N) is 1. The normalized spacial score (nSPS) is 18.0. The van der Waals surface area contributed by atoms with Gasteiger partial charge in [-0.05, 0) is 36.4 Å². The maximum Gasteiger partial charge on any atom is 0.410 e. The molecular weight excluding hydrogens is 484 g/mol. The summed E-state index contributed by atoms with van der Waals surface area (Å²) in [5.74, 6) is 0.749. The molecule has 1 amide bonds. The lowest BCUT2D eigenvalue weighted by molar-refractivity contribution is 0.101. The SMILES string of the molecule is C.O=C(Cl)OCc1ccccc1.O=C(OCc1ccccc1)N1CC[C@@H](CO)C1.OC[C@@H]1CCNC1. The van der Waals surface area contributed by atoms with Crippen molar-refractivity contribution in [3.63, 3.8) is 0 Å². The quantitative estimate of drug-likeness (QED) is 0.482. The molecule has 2 aliphatic heterocycles. The minimum atomic E-state index is -0.770. The number of aliphatic hydroxyl groups is 2. The molecule has 2 aliphatic rings. The Morgan fingerprint density at radius 3 is 1.86 bits per heavy atom. The summed E-state index contributed by atoms with van der Waals surface area (Å²) in [6.45, 7) is 4.42. The van der Waals surface area contributed by atoms with Crippen molar-refractivity contribution in [3.8, 4) is 0 Å². The summed E-state index contributed by atoms with van der Waals surface area (Å²) in [5.41, 5.74) is 1.15. The van der Waals surface area contributed by atoms with Gasteiger partial charge in [-0.2, -0.15) is 0 Å². The van der Waals surface area contributed by atoms with Crippen LogP contribution in [0, 0.1) is 11.8 Å². The second-order valence-corrected chi connectivity index (χ2v) is 8.69. The standard InChI is InChI=1S/C13H17NO3.C8H7ClO2.C5H11NO.CH4/c15-9-12-6-7-14(8-12)13(16)17-10-11-4-2-1-3-5-11;9-8(10)11-6-7-4-2-1-3-5-7;7-4-5-1-2-6-3-5;/h1-5,12,15H,6-10H2;1-5H,6H2;5-7H,1-4H2;1H4/t12-;;5-;/m1.1./s1. The molecule has 2 saturated heterocycles. The Kier molecular flexibility index (Phi) is 16.2. The van der Waals surface area contributed by atoms with Crippen LogP contribution in [-0.4, -0.2) is 66.0 Å². The van der Waals surface area contributed by atoms with Crippen LogP contribution in [0.3, 0.4) is 0 Å². The number of hydrogen-bond donors (Lipinski definition) is 3. The highest BCUT2D eigenvalue weighted by molar-refractivity contribution is 6.61. The van der Waals surface area contributed by atoms with Gasteiger partial charge in [-0.1, -0.05) is 68.1 Å². The molecule has 3 N–H and O–H groups in total. The molecule has 200 valence electrons. The lowest BCUT2D eigenvalue weighted by atomic mass is 10.1. The van der Waals surface area contributed by atoms with E-state index in [2.05, 4.69) is 10.1 Å². The van der Waals surface area contributed by atoms with E-state index in [1.807, 2.05) is 60.7 Å². The molecule has 2 aromatic carbocycles. The molecule has 4 rings (SSSR count). The van der Waals surface area contributed by atoms with Gasteiger partial charge in [0.2, 0.25) is 0 Å². The number of likely N-dealkylation sites (tertiary alicyclic amines) is 1. The molecule has 8 nitrogen and oxygen atoms in total. The smallest absolute Gasteiger partial charge is 0.410 e. The molecule has 0 aliphatic carbocycles. The first-order valence-electron chi connectivity index (χ1n) is 11.8. The molecule has 2 atom stereocenters. The second kappa shape index (κ2) is 18.6. The van der Waals surface area contributed by atoms with E-state index < -0.39 is 5.43 Å². The molecule has 2 aromatic rings. The fourth-order valence-electron chi connectivity index (χ4n) is 3.54. The summed E-state index contributed by atoms with van der Waals surface area (Å²) in [6, 6.07) is 19.0. The van der Waals surface area contributed by atoms with Crippen LogP contribution in [0.5, 0.6) is 0 Å². The molecule has 0 saturated carbocycles. The van der Waals surface area contributed by atoms with E-state index in [1.54, 1.807) is 4.90 Å². The molecule has 2 fully saturated rings. The zero-order valence-electron chi connectivity index (χ0n) is 19.9. The summed E-state index contributed by atoms with van der Waals surface area (Å²) in [5, 5.41) is 20.7. The third-order valence-electron chi connectivity index (χ3n) is 5.62. The van der Waals surface area contributed by atoms with E-state index in [1.165, 1.54) is 0 Å². The molecular formula is C27H39ClN2O6. The first kappa shape index (κ1) is 31.4. The second-order valence-electron chi connectivity index (χ2n) is 8.38. The fourth-order valence-corrected chi connectivity index (χ4v) is 3.60. The zero-order chi connectivity index (χ0) is 25.3. The Balaban J connectivity index is 0.000000293. The average molecular weight is 523 g/mol. The highest BCUT2D eigenvalue weighted by Gasteiger charge is 2.26. The van der Waals surface area contributed by atoms with E-state index in [9.17, 15) is 9.59 Å². The minimum absolute atomic E-state index is 0. The molecule has 9 heteroatoms. The number of rotatable bonds is 6. The Hall–Kier alpha value is -2.65. The number of nitrogens with zero attached hydrogens (tertiary/aromatic N) is 1. The predicted octanol–water partition coefficient (Wildman–Crippen LogP) is 4.42.